The number of rotatable bonds is 5. The highest BCUT2D eigenvalue weighted by molar-refractivity contribution is 7.80. The van der Waals surface area contributed by atoms with E-state index in [9.17, 15) is 27.2 Å². The second-order valence-corrected chi connectivity index (χ2v) is 7.40. The molecule has 12 heteroatoms. The maximum absolute atomic E-state index is 14.1. The fourth-order valence-electron chi connectivity index (χ4n) is 2.84. The van der Waals surface area contributed by atoms with Crippen LogP contribution in [0.5, 0.6) is 5.75 Å². The highest BCUT2D eigenvalue weighted by atomic mass is 35.5. The highest BCUT2D eigenvalue weighted by Gasteiger charge is 2.30. The van der Waals surface area contributed by atoms with Crippen LogP contribution in [-0.4, -0.2) is 24.0 Å². The Bertz CT molecular complexity index is 1280. The van der Waals surface area contributed by atoms with E-state index in [1.165, 1.54) is 18.2 Å². The lowest BCUT2D eigenvalue weighted by molar-refractivity contribution is 0.0965. The first-order valence-corrected chi connectivity index (χ1v) is 10.1. The number of hydrogen-bond acceptors (Lipinski definition) is 4. The molecule has 0 saturated carbocycles. The number of benzene rings is 3. The molecule has 0 aliphatic carbocycles. The number of amides is 2. The van der Waals surface area contributed by atoms with Crippen LogP contribution < -0.4 is 20.7 Å². The number of nitrogens with one attached hydrogen (secondary N) is 3. The molecule has 0 radical (unpaired) electrons. The maximum Gasteiger partial charge on any atom is 0.263 e. The average Bonchev–Trinajstić information content (AvgIpc) is 2.78. The molecule has 0 heterocycles. The number of carbonyl (C=O) groups excluding carboxylic acids is 2. The summed E-state index contributed by atoms with van der Waals surface area (Å²) in [5.41, 5.74) is -0.662. The van der Waals surface area contributed by atoms with Crippen molar-refractivity contribution in [3.63, 3.8) is 0 Å². The summed E-state index contributed by atoms with van der Waals surface area (Å²) < 4.78 is 60.3. The van der Waals surface area contributed by atoms with Crippen LogP contribution in [0.3, 0.4) is 0 Å². The highest BCUT2D eigenvalue weighted by Crippen LogP contribution is 2.29. The van der Waals surface area contributed by atoms with Crippen molar-refractivity contribution in [2.75, 3.05) is 17.7 Å². The van der Waals surface area contributed by atoms with Gasteiger partial charge in [0.2, 0.25) is 11.6 Å². The van der Waals surface area contributed by atoms with Crippen LogP contribution in [0.4, 0.5) is 28.9 Å². The minimum atomic E-state index is -1.94. The second-order valence-electron chi connectivity index (χ2n) is 6.59. The van der Waals surface area contributed by atoms with Crippen molar-refractivity contribution in [3.8, 4) is 5.75 Å². The maximum atomic E-state index is 14.1. The summed E-state index contributed by atoms with van der Waals surface area (Å²) in [5, 5.41) is 6.95. The smallest absolute Gasteiger partial charge is 0.263 e. The third kappa shape index (κ3) is 5.26. The molecule has 0 aliphatic rings. The Balaban J connectivity index is 1.72. The summed E-state index contributed by atoms with van der Waals surface area (Å²) in [5.74, 6) is -10.9. The molecule has 0 aromatic heterocycles. The molecule has 3 aromatic rings. The summed E-state index contributed by atoms with van der Waals surface area (Å²) in [7, 11) is 0.810. The van der Waals surface area contributed by atoms with Gasteiger partial charge >= 0.3 is 0 Å². The lowest BCUT2D eigenvalue weighted by Crippen LogP contribution is -2.35. The first-order chi connectivity index (χ1) is 16.1. The second kappa shape index (κ2) is 10.5. The van der Waals surface area contributed by atoms with E-state index >= 15 is 0 Å². The first-order valence-electron chi connectivity index (χ1n) is 9.32. The van der Waals surface area contributed by atoms with Gasteiger partial charge in [0.1, 0.15) is 5.56 Å². The summed E-state index contributed by atoms with van der Waals surface area (Å²) in [6, 6.07) is 12.5. The molecule has 0 bridgehead atoms. The van der Waals surface area contributed by atoms with E-state index in [0.717, 1.165) is 7.11 Å². The molecule has 0 fully saturated rings. The molecule has 0 spiro atoms. The van der Waals surface area contributed by atoms with E-state index in [1.807, 2.05) is 5.32 Å². The average molecular weight is 512 g/mol. The zero-order valence-corrected chi connectivity index (χ0v) is 18.7. The predicted octanol–water partition coefficient (Wildman–Crippen LogP) is 5.28. The van der Waals surface area contributed by atoms with Gasteiger partial charge in [0.25, 0.3) is 11.8 Å². The molecule has 0 atom stereocenters. The number of ether oxygens (including phenoxy) is 1. The molecule has 3 rings (SSSR count). The van der Waals surface area contributed by atoms with Gasteiger partial charge in [-0.3, -0.25) is 14.9 Å². The minimum Gasteiger partial charge on any atom is -0.491 e. The molecule has 3 N–H and O–H groups in total. The van der Waals surface area contributed by atoms with Gasteiger partial charge in [-0.05, 0) is 42.5 Å². The van der Waals surface area contributed by atoms with Crippen LogP contribution in [0.15, 0.2) is 48.5 Å². The Labute approximate surface area is 200 Å². The van der Waals surface area contributed by atoms with Crippen molar-refractivity contribution in [3.05, 3.63) is 87.9 Å². The van der Waals surface area contributed by atoms with Crippen molar-refractivity contribution in [1.82, 2.24) is 5.32 Å². The Morgan fingerprint density at radius 1 is 0.853 bits per heavy atom. The summed E-state index contributed by atoms with van der Waals surface area (Å²) in [4.78, 5) is 24.6. The van der Waals surface area contributed by atoms with Gasteiger partial charge in [-0.25, -0.2) is 8.78 Å². The molecule has 34 heavy (non-hydrogen) atoms. The van der Waals surface area contributed by atoms with Crippen LogP contribution in [-0.2, 0) is 0 Å². The largest absolute Gasteiger partial charge is 0.491 e. The number of halogens is 5. The molecule has 0 aliphatic heterocycles. The third-order valence-corrected chi connectivity index (χ3v) is 4.91. The Kier molecular flexibility index (Phi) is 7.69. The summed E-state index contributed by atoms with van der Waals surface area (Å²) in [6.07, 6.45) is 0. The summed E-state index contributed by atoms with van der Waals surface area (Å²) >= 11 is 10.9. The number of carbonyl (C=O) groups is 2. The van der Waals surface area contributed by atoms with Crippen molar-refractivity contribution in [2.24, 2.45) is 0 Å². The first kappa shape index (κ1) is 24.9. The summed E-state index contributed by atoms with van der Waals surface area (Å²) in [6.45, 7) is 0. The lowest BCUT2D eigenvalue weighted by atomic mass is 10.1. The molecule has 0 unspecified atom stereocenters. The fraction of sp³-hybridized carbons (Fsp3) is 0.0455. The van der Waals surface area contributed by atoms with Gasteiger partial charge in [-0.2, -0.15) is 8.78 Å². The molecule has 3 aromatic carbocycles. The van der Waals surface area contributed by atoms with Gasteiger partial charge in [0, 0.05) is 11.4 Å². The fourth-order valence-corrected chi connectivity index (χ4v) is 3.27. The van der Waals surface area contributed by atoms with Crippen molar-refractivity contribution >= 4 is 52.1 Å². The quantitative estimate of drug-likeness (QED) is 0.247. The topological polar surface area (TPSA) is 79.5 Å². The van der Waals surface area contributed by atoms with Crippen molar-refractivity contribution in [1.29, 1.82) is 0 Å². The molecular weight excluding hydrogens is 498 g/mol. The normalized spacial score (nSPS) is 10.4. The van der Waals surface area contributed by atoms with Crippen LogP contribution in [0.25, 0.3) is 0 Å². The zero-order valence-electron chi connectivity index (χ0n) is 17.1. The lowest BCUT2D eigenvalue weighted by Gasteiger charge is -2.13. The van der Waals surface area contributed by atoms with Gasteiger partial charge in [-0.1, -0.05) is 29.8 Å². The zero-order chi connectivity index (χ0) is 25.0. The number of hydrogen-bond donors (Lipinski definition) is 3. The molecule has 176 valence electrons. The minimum absolute atomic E-state index is 0.244. The molecule has 6 nitrogen and oxygen atoms in total. The van der Waals surface area contributed by atoms with Gasteiger partial charge in [-0.15, -0.1) is 0 Å². The monoisotopic (exact) mass is 511 g/mol. The SMILES string of the molecule is COc1c(F)c(F)c(C(=O)NC(=S)Nc2cccc(NC(=O)c3ccccc3Cl)c2)c(F)c1F. The van der Waals surface area contributed by atoms with Gasteiger partial charge in [0.15, 0.2) is 22.5 Å². The number of anilines is 2. The Morgan fingerprint density at radius 3 is 2.03 bits per heavy atom. The van der Waals surface area contributed by atoms with Crippen molar-refractivity contribution in [2.45, 2.75) is 0 Å². The molecule has 2 amide bonds. The van der Waals surface area contributed by atoms with Gasteiger partial charge in [0.05, 0.1) is 17.7 Å². The Hall–Kier alpha value is -3.70. The standard InChI is InChI=1S/C22H14ClF4N3O3S/c1-33-19-17(26)15(24)14(16(25)18(19)27)21(32)30-22(34)29-11-6-4-5-10(9-11)28-20(31)12-7-2-3-8-13(12)23/h2-9H,1H3,(H,28,31)(H2,29,30,32,34). The Morgan fingerprint density at radius 2 is 1.44 bits per heavy atom. The van der Waals surface area contributed by atoms with E-state index in [-0.39, 0.29) is 16.3 Å². The van der Waals surface area contributed by atoms with E-state index in [4.69, 9.17) is 23.8 Å². The van der Waals surface area contributed by atoms with Crippen LogP contribution in [0.1, 0.15) is 20.7 Å². The van der Waals surface area contributed by atoms with Crippen molar-refractivity contribution < 1.29 is 31.9 Å². The predicted molar refractivity (Wildman–Crippen MR) is 122 cm³/mol. The third-order valence-electron chi connectivity index (χ3n) is 4.38. The van der Waals surface area contributed by atoms with Gasteiger partial charge < -0.3 is 15.4 Å². The number of methoxy groups -OCH3 is 1. The van der Waals surface area contributed by atoms with Crippen LogP contribution >= 0.6 is 23.8 Å². The van der Waals surface area contributed by atoms with E-state index in [0.29, 0.717) is 5.69 Å². The molecule has 0 saturated heterocycles. The van der Waals surface area contributed by atoms with E-state index < -0.39 is 51.5 Å². The van der Waals surface area contributed by atoms with E-state index in [1.54, 1.807) is 30.3 Å². The molecular formula is C22H14ClF4N3O3S. The van der Waals surface area contributed by atoms with Crippen LogP contribution in [0, 0.1) is 23.3 Å². The number of thiocarbonyl (C=S) groups is 1. The van der Waals surface area contributed by atoms with Crippen LogP contribution in [0.2, 0.25) is 5.02 Å². The van der Waals surface area contributed by atoms with E-state index in [2.05, 4.69) is 15.4 Å².